The van der Waals surface area contributed by atoms with Gasteiger partial charge < -0.3 is 10.3 Å². The molecule has 4 heterocycles. The molecule has 1 unspecified atom stereocenters. The number of nitrogen functional groups attached to an aromatic ring is 1. The number of rotatable bonds is 1. The fraction of sp³-hybridized carbons (Fsp3) is 0.250. The molecule has 2 N–H and O–H groups in total. The second-order valence-electron chi connectivity index (χ2n) is 6.83. The average molecular weight is 329 g/mol. The predicted molar refractivity (Wildman–Crippen MR) is 100 cm³/mol. The molecule has 0 saturated heterocycles. The van der Waals surface area contributed by atoms with Crippen molar-refractivity contribution in [2.24, 2.45) is 0 Å². The highest BCUT2D eigenvalue weighted by Gasteiger charge is 2.28. The molecule has 1 aliphatic rings. The van der Waals surface area contributed by atoms with Crippen molar-refractivity contribution in [1.29, 1.82) is 0 Å². The van der Waals surface area contributed by atoms with E-state index in [0.717, 1.165) is 46.0 Å². The molecule has 5 nitrogen and oxygen atoms in total. The predicted octanol–water partition coefficient (Wildman–Crippen LogP) is 4.13. The minimum Gasteiger partial charge on any atom is -0.383 e. The van der Waals surface area contributed by atoms with E-state index in [0.29, 0.717) is 11.7 Å². The Morgan fingerprint density at radius 3 is 2.96 bits per heavy atom. The summed E-state index contributed by atoms with van der Waals surface area (Å²) in [5.41, 5.74) is 11.8. The summed E-state index contributed by atoms with van der Waals surface area (Å²) >= 11 is 0. The van der Waals surface area contributed by atoms with Crippen LogP contribution in [0.3, 0.4) is 0 Å². The average Bonchev–Trinajstić information content (AvgIpc) is 2.99. The van der Waals surface area contributed by atoms with Gasteiger partial charge in [0.25, 0.3) is 0 Å². The third-order valence-corrected chi connectivity index (χ3v) is 5.27. The number of hydrogen-bond donors (Lipinski definition) is 1. The molecule has 0 aliphatic carbocycles. The molecule has 0 saturated carbocycles. The first-order valence-electron chi connectivity index (χ1n) is 8.72. The van der Waals surface area contributed by atoms with Gasteiger partial charge in [0.15, 0.2) is 0 Å². The molecule has 0 bridgehead atoms. The number of nitrogens with two attached hydrogens (primary N) is 1. The molecule has 25 heavy (non-hydrogen) atoms. The van der Waals surface area contributed by atoms with E-state index in [4.69, 9.17) is 5.73 Å². The molecular formula is C20H19N5. The van der Waals surface area contributed by atoms with Gasteiger partial charge in [-0.25, -0.2) is 9.97 Å². The lowest BCUT2D eigenvalue weighted by atomic mass is 9.92. The van der Waals surface area contributed by atoms with E-state index in [1.54, 1.807) is 6.33 Å². The molecule has 3 aromatic heterocycles. The van der Waals surface area contributed by atoms with E-state index < -0.39 is 0 Å². The van der Waals surface area contributed by atoms with Crippen molar-refractivity contribution in [3.63, 3.8) is 0 Å². The van der Waals surface area contributed by atoms with E-state index in [1.165, 1.54) is 12.1 Å². The van der Waals surface area contributed by atoms with E-state index in [-0.39, 0.29) is 0 Å². The van der Waals surface area contributed by atoms with Crippen LogP contribution in [0.15, 0.2) is 42.9 Å². The Balaban J connectivity index is 1.89. The number of hydrogen-bond acceptors (Lipinski definition) is 4. The van der Waals surface area contributed by atoms with Crippen molar-refractivity contribution < 1.29 is 0 Å². The number of fused-ring (bicyclic) bond motifs is 4. The van der Waals surface area contributed by atoms with Gasteiger partial charge in [-0.1, -0.05) is 25.1 Å². The van der Waals surface area contributed by atoms with Crippen LogP contribution in [0.25, 0.3) is 33.1 Å². The number of nitrogens with zero attached hydrogens (tertiary/aromatic N) is 4. The van der Waals surface area contributed by atoms with Crippen molar-refractivity contribution in [1.82, 2.24) is 19.5 Å². The third-order valence-electron chi connectivity index (χ3n) is 5.27. The Bertz CT molecular complexity index is 1110. The maximum absolute atomic E-state index is 6.28. The molecule has 1 aliphatic heterocycles. The van der Waals surface area contributed by atoms with Gasteiger partial charge in [0.05, 0.1) is 10.9 Å². The fourth-order valence-electron chi connectivity index (χ4n) is 4.14. The van der Waals surface area contributed by atoms with Crippen LogP contribution in [-0.2, 0) is 6.54 Å². The summed E-state index contributed by atoms with van der Waals surface area (Å²) in [6.45, 7) is 3.26. The van der Waals surface area contributed by atoms with Crippen LogP contribution in [0.5, 0.6) is 0 Å². The zero-order chi connectivity index (χ0) is 17.0. The van der Waals surface area contributed by atoms with Crippen molar-refractivity contribution in [3.8, 4) is 11.1 Å². The van der Waals surface area contributed by atoms with Crippen LogP contribution in [0.4, 0.5) is 5.82 Å². The number of aromatic nitrogens is 4. The summed E-state index contributed by atoms with van der Waals surface area (Å²) in [6, 6.07) is 10.4. The van der Waals surface area contributed by atoms with Gasteiger partial charge in [0.1, 0.15) is 17.8 Å². The SMILES string of the molecule is CC1CCCn2c1c(-c1cnc3ccccc3c1)c1c(N)ncnc12. The second-order valence-corrected chi connectivity index (χ2v) is 6.83. The van der Waals surface area contributed by atoms with Crippen LogP contribution in [0.2, 0.25) is 0 Å². The molecule has 4 aromatic rings. The van der Waals surface area contributed by atoms with E-state index in [2.05, 4.69) is 38.6 Å². The lowest BCUT2D eigenvalue weighted by molar-refractivity contribution is 0.483. The molecule has 0 fully saturated rings. The summed E-state index contributed by atoms with van der Waals surface area (Å²) in [6.07, 6.45) is 5.85. The molecule has 1 atom stereocenters. The largest absolute Gasteiger partial charge is 0.383 e. The van der Waals surface area contributed by atoms with E-state index in [1.807, 2.05) is 24.4 Å². The number of anilines is 1. The van der Waals surface area contributed by atoms with E-state index in [9.17, 15) is 0 Å². The summed E-state index contributed by atoms with van der Waals surface area (Å²) in [5.74, 6) is 1.01. The molecule has 0 radical (unpaired) electrons. The Hall–Kier alpha value is -2.95. The lowest BCUT2D eigenvalue weighted by Crippen LogP contribution is -2.14. The maximum atomic E-state index is 6.28. The van der Waals surface area contributed by atoms with Crippen molar-refractivity contribution in [2.45, 2.75) is 32.2 Å². The second kappa shape index (κ2) is 5.28. The Morgan fingerprint density at radius 2 is 2.04 bits per heavy atom. The summed E-state index contributed by atoms with van der Waals surface area (Å²) in [7, 11) is 0. The quantitative estimate of drug-likeness (QED) is 0.570. The first-order chi connectivity index (χ1) is 12.2. The number of pyridine rings is 1. The minimum absolute atomic E-state index is 0.462. The number of benzene rings is 1. The zero-order valence-electron chi connectivity index (χ0n) is 14.1. The normalized spacial score (nSPS) is 17.1. The highest BCUT2D eigenvalue weighted by molar-refractivity contribution is 6.03. The van der Waals surface area contributed by atoms with Gasteiger partial charge in [0, 0.05) is 34.9 Å². The van der Waals surface area contributed by atoms with Crippen LogP contribution >= 0.6 is 0 Å². The summed E-state index contributed by atoms with van der Waals surface area (Å²) < 4.78 is 2.33. The van der Waals surface area contributed by atoms with Crippen molar-refractivity contribution >= 4 is 27.8 Å². The maximum Gasteiger partial charge on any atom is 0.146 e. The minimum atomic E-state index is 0.462. The van der Waals surface area contributed by atoms with Crippen molar-refractivity contribution in [2.75, 3.05) is 5.73 Å². The molecule has 5 heteroatoms. The first kappa shape index (κ1) is 14.4. The van der Waals surface area contributed by atoms with Gasteiger partial charge in [0.2, 0.25) is 0 Å². The van der Waals surface area contributed by atoms with Gasteiger partial charge in [-0.15, -0.1) is 0 Å². The van der Waals surface area contributed by atoms with Crippen LogP contribution < -0.4 is 5.73 Å². The van der Waals surface area contributed by atoms with Gasteiger partial charge >= 0.3 is 0 Å². The first-order valence-corrected chi connectivity index (χ1v) is 8.72. The van der Waals surface area contributed by atoms with E-state index >= 15 is 0 Å². The molecule has 0 spiro atoms. The number of para-hydroxylation sites is 1. The molecule has 5 rings (SSSR count). The zero-order valence-corrected chi connectivity index (χ0v) is 14.1. The van der Waals surface area contributed by atoms with Gasteiger partial charge in [-0.3, -0.25) is 4.98 Å². The summed E-state index contributed by atoms with van der Waals surface area (Å²) in [5, 5.41) is 2.09. The van der Waals surface area contributed by atoms with Crippen LogP contribution in [-0.4, -0.2) is 19.5 Å². The highest BCUT2D eigenvalue weighted by Crippen LogP contribution is 2.43. The van der Waals surface area contributed by atoms with Crippen LogP contribution in [0.1, 0.15) is 31.4 Å². The Morgan fingerprint density at radius 1 is 1.16 bits per heavy atom. The highest BCUT2D eigenvalue weighted by atomic mass is 15.1. The Labute approximate surface area is 145 Å². The lowest BCUT2D eigenvalue weighted by Gasteiger charge is -2.23. The Kier molecular flexibility index (Phi) is 3.04. The van der Waals surface area contributed by atoms with Crippen molar-refractivity contribution in [3.05, 3.63) is 48.5 Å². The smallest absolute Gasteiger partial charge is 0.146 e. The molecule has 0 amide bonds. The monoisotopic (exact) mass is 329 g/mol. The standard InChI is InChI=1S/C20H19N5/c1-12-5-4-8-25-18(12)16(17-19(21)23-11-24-20(17)25)14-9-13-6-2-3-7-15(13)22-10-14/h2-3,6-7,9-12H,4-5,8H2,1H3,(H2,21,23,24). The molecular weight excluding hydrogens is 310 g/mol. The van der Waals surface area contributed by atoms with Gasteiger partial charge in [-0.05, 0) is 30.9 Å². The third kappa shape index (κ3) is 2.05. The summed E-state index contributed by atoms with van der Waals surface area (Å²) in [4.78, 5) is 13.5. The number of aryl methyl sites for hydroxylation is 1. The molecule has 1 aromatic carbocycles. The molecule has 124 valence electrons. The van der Waals surface area contributed by atoms with Crippen LogP contribution in [0, 0.1) is 0 Å². The van der Waals surface area contributed by atoms with Gasteiger partial charge in [-0.2, -0.15) is 0 Å². The fourth-order valence-corrected chi connectivity index (χ4v) is 4.14. The topological polar surface area (TPSA) is 69.6 Å².